The molecule has 0 atom stereocenters. The van der Waals surface area contributed by atoms with E-state index in [1.165, 1.54) is 6.20 Å². The monoisotopic (exact) mass is 315 g/mol. The molecule has 1 aromatic heterocycles. The van der Waals surface area contributed by atoms with Crippen LogP contribution in [-0.4, -0.2) is 23.3 Å². The van der Waals surface area contributed by atoms with Gasteiger partial charge in [-0.25, -0.2) is 4.98 Å². The molecule has 2 heterocycles. The highest BCUT2D eigenvalue weighted by atomic mass is 35.5. The molecule has 1 N–H and O–H groups in total. The fraction of sp³-hybridized carbons (Fsp3) is 0.188. The van der Waals surface area contributed by atoms with E-state index in [0.29, 0.717) is 24.2 Å². The highest BCUT2D eigenvalue weighted by Gasteiger charge is 2.22. The minimum Gasteiger partial charge on any atom is -0.322 e. The summed E-state index contributed by atoms with van der Waals surface area (Å²) in [5, 5.41) is 2.93. The van der Waals surface area contributed by atoms with E-state index in [1.807, 2.05) is 6.07 Å². The maximum absolute atomic E-state index is 12.2. The number of hydrogen-bond acceptors (Lipinski definition) is 3. The van der Waals surface area contributed by atoms with Gasteiger partial charge in [-0.15, -0.1) is 0 Å². The lowest BCUT2D eigenvalue weighted by atomic mass is 10.2. The predicted octanol–water partition coefficient (Wildman–Crippen LogP) is 3.11. The van der Waals surface area contributed by atoms with Crippen molar-refractivity contribution in [2.24, 2.45) is 0 Å². The van der Waals surface area contributed by atoms with Gasteiger partial charge >= 0.3 is 0 Å². The van der Waals surface area contributed by atoms with Gasteiger partial charge in [-0.05, 0) is 36.8 Å². The van der Waals surface area contributed by atoms with Gasteiger partial charge in [0.25, 0.3) is 5.91 Å². The summed E-state index contributed by atoms with van der Waals surface area (Å²) < 4.78 is 0. The molecule has 1 saturated heterocycles. The smallest absolute Gasteiger partial charge is 0.258 e. The molecule has 1 fully saturated rings. The zero-order valence-corrected chi connectivity index (χ0v) is 12.5. The van der Waals surface area contributed by atoms with E-state index in [9.17, 15) is 9.59 Å². The summed E-state index contributed by atoms with van der Waals surface area (Å²) in [6.45, 7) is 0.713. The minimum absolute atomic E-state index is 0.110. The van der Waals surface area contributed by atoms with E-state index in [0.717, 1.165) is 12.1 Å². The van der Waals surface area contributed by atoms with Crippen LogP contribution in [-0.2, 0) is 4.79 Å². The Morgan fingerprint density at radius 1 is 1.27 bits per heavy atom. The first-order chi connectivity index (χ1) is 10.6. The van der Waals surface area contributed by atoms with Gasteiger partial charge in [0.1, 0.15) is 5.15 Å². The first-order valence-corrected chi connectivity index (χ1v) is 7.35. The van der Waals surface area contributed by atoms with Crippen LogP contribution in [0.4, 0.5) is 11.4 Å². The fourth-order valence-electron chi connectivity index (χ4n) is 2.43. The van der Waals surface area contributed by atoms with Crippen LogP contribution >= 0.6 is 11.6 Å². The molecule has 1 aromatic carbocycles. The SMILES string of the molecule is O=C(Nc1cccc(N2CCCC2=O)c1)c1cccnc1Cl. The van der Waals surface area contributed by atoms with Gasteiger partial charge in [0, 0.05) is 30.5 Å². The van der Waals surface area contributed by atoms with Crippen LogP contribution in [0.25, 0.3) is 0 Å². The minimum atomic E-state index is -0.331. The Morgan fingerprint density at radius 3 is 2.86 bits per heavy atom. The van der Waals surface area contributed by atoms with Crippen molar-refractivity contribution in [2.75, 3.05) is 16.8 Å². The van der Waals surface area contributed by atoms with Gasteiger partial charge in [-0.1, -0.05) is 17.7 Å². The third-order valence-corrected chi connectivity index (χ3v) is 3.79. The molecule has 22 heavy (non-hydrogen) atoms. The third-order valence-electron chi connectivity index (χ3n) is 3.49. The summed E-state index contributed by atoms with van der Waals surface area (Å²) in [4.78, 5) is 29.6. The van der Waals surface area contributed by atoms with Crippen LogP contribution in [0.3, 0.4) is 0 Å². The molecule has 1 aliphatic heterocycles. The summed E-state index contributed by atoms with van der Waals surface area (Å²) in [5.41, 5.74) is 1.71. The molecular weight excluding hydrogens is 302 g/mol. The Morgan fingerprint density at radius 2 is 2.14 bits per heavy atom. The van der Waals surface area contributed by atoms with Crippen molar-refractivity contribution < 1.29 is 9.59 Å². The molecular formula is C16H14ClN3O2. The lowest BCUT2D eigenvalue weighted by Crippen LogP contribution is -2.23. The first kappa shape index (κ1) is 14.5. The number of benzene rings is 1. The van der Waals surface area contributed by atoms with E-state index in [-0.39, 0.29) is 17.0 Å². The van der Waals surface area contributed by atoms with Crippen LogP contribution in [0.5, 0.6) is 0 Å². The van der Waals surface area contributed by atoms with Gasteiger partial charge in [-0.2, -0.15) is 0 Å². The second-order valence-electron chi connectivity index (χ2n) is 5.00. The van der Waals surface area contributed by atoms with Crippen LogP contribution in [0.2, 0.25) is 5.15 Å². The lowest BCUT2D eigenvalue weighted by Gasteiger charge is -2.16. The van der Waals surface area contributed by atoms with Gasteiger partial charge in [0.15, 0.2) is 0 Å². The average molecular weight is 316 g/mol. The molecule has 2 amide bonds. The van der Waals surface area contributed by atoms with Crippen molar-refractivity contribution in [1.82, 2.24) is 4.98 Å². The molecule has 0 aliphatic carbocycles. The summed E-state index contributed by atoms with van der Waals surface area (Å²) >= 11 is 5.91. The Hall–Kier alpha value is -2.40. The molecule has 0 spiro atoms. The fourth-order valence-corrected chi connectivity index (χ4v) is 2.63. The van der Waals surface area contributed by atoms with E-state index in [1.54, 1.807) is 35.2 Å². The number of nitrogens with zero attached hydrogens (tertiary/aromatic N) is 2. The largest absolute Gasteiger partial charge is 0.322 e. The molecule has 0 radical (unpaired) electrons. The van der Waals surface area contributed by atoms with E-state index < -0.39 is 0 Å². The molecule has 3 rings (SSSR count). The standard InChI is InChI=1S/C16H14ClN3O2/c17-15-13(6-2-8-18-15)16(22)19-11-4-1-5-12(10-11)20-9-3-7-14(20)21/h1-2,4-6,8,10H,3,7,9H2,(H,19,22). The average Bonchev–Trinajstić information content (AvgIpc) is 2.94. The van der Waals surface area contributed by atoms with Crippen molar-refractivity contribution in [3.63, 3.8) is 0 Å². The molecule has 2 aromatic rings. The second-order valence-corrected chi connectivity index (χ2v) is 5.35. The molecule has 0 unspecified atom stereocenters. The summed E-state index contributed by atoms with van der Waals surface area (Å²) in [6, 6.07) is 10.5. The third kappa shape index (κ3) is 2.94. The highest BCUT2D eigenvalue weighted by molar-refractivity contribution is 6.33. The summed E-state index contributed by atoms with van der Waals surface area (Å²) in [7, 11) is 0. The maximum Gasteiger partial charge on any atom is 0.258 e. The number of rotatable bonds is 3. The number of carbonyl (C=O) groups is 2. The predicted molar refractivity (Wildman–Crippen MR) is 85.2 cm³/mol. The quantitative estimate of drug-likeness (QED) is 0.885. The molecule has 5 nitrogen and oxygen atoms in total. The Labute approximate surface area is 132 Å². The Bertz CT molecular complexity index is 733. The summed E-state index contributed by atoms with van der Waals surface area (Å²) in [5.74, 6) is -0.221. The zero-order valence-electron chi connectivity index (χ0n) is 11.8. The van der Waals surface area contributed by atoms with Gasteiger partial charge < -0.3 is 10.2 Å². The highest BCUT2D eigenvalue weighted by Crippen LogP contribution is 2.24. The van der Waals surface area contributed by atoms with E-state index in [4.69, 9.17) is 11.6 Å². The number of nitrogens with one attached hydrogen (secondary N) is 1. The number of pyridine rings is 1. The van der Waals surface area contributed by atoms with Crippen LogP contribution in [0.15, 0.2) is 42.6 Å². The van der Waals surface area contributed by atoms with Crippen molar-refractivity contribution >= 4 is 34.8 Å². The van der Waals surface area contributed by atoms with Crippen molar-refractivity contribution in [1.29, 1.82) is 0 Å². The van der Waals surface area contributed by atoms with Crippen LogP contribution < -0.4 is 10.2 Å². The van der Waals surface area contributed by atoms with Crippen molar-refractivity contribution in [2.45, 2.75) is 12.8 Å². The number of hydrogen-bond donors (Lipinski definition) is 1. The van der Waals surface area contributed by atoms with Gasteiger partial charge in [0.05, 0.1) is 5.56 Å². The van der Waals surface area contributed by atoms with E-state index in [2.05, 4.69) is 10.3 Å². The van der Waals surface area contributed by atoms with Crippen LogP contribution in [0.1, 0.15) is 23.2 Å². The van der Waals surface area contributed by atoms with Crippen molar-refractivity contribution in [3.8, 4) is 0 Å². The molecule has 6 heteroatoms. The van der Waals surface area contributed by atoms with E-state index >= 15 is 0 Å². The first-order valence-electron chi connectivity index (χ1n) is 6.97. The number of halogens is 1. The maximum atomic E-state index is 12.2. The number of aromatic nitrogens is 1. The Balaban J connectivity index is 1.80. The number of carbonyl (C=O) groups excluding carboxylic acids is 2. The van der Waals surface area contributed by atoms with Gasteiger partial charge in [-0.3, -0.25) is 9.59 Å². The number of amides is 2. The lowest BCUT2D eigenvalue weighted by molar-refractivity contribution is -0.117. The topological polar surface area (TPSA) is 62.3 Å². The normalized spacial score (nSPS) is 14.2. The molecule has 112 valence electrons. The summed E-state index contributed by atoms with van der Waals surface area (Å²) in [6.07, 6.45) is 2.96. The Kier molecular flexibility index (Phi) is 4.06. The molecule has 0 bridgehead atoms. The molecule has 1 aliphatic rings. The second kappa shape index (κ2) is 6.15. The zero-order chi connectivity index (χ0) is 15.5. The van der Waals surface area contributed by atoms with Crippen molar-refractivity contribution in [3.05, 3.63) is 53.3 Å². The number of anilines is 2. The van der Waals surface area contributed by atoms with Gasteiger partial charge in [0.2, 0.25) is 5.91 Å². The molecule has 0 saturated carbocycles. The van der Waals surface area contributed by atoms with Crippen LogP contribution in [0, 0.1) is 0 Å².